The zero-order chi connectivity index (χ0) is 28.2. The number of rotatable bonds is 9. The number of hydrogen-bond donors (Lipinski definition) is 3. The van der Waals surface area contributed by atoms with E-state index in [4.69, 9.17) is 18.3 Å². The molecule has 0 radical (unpaired) electrons. The normalized spacial score (nSPS) is 21.8. The molecule has 2 heterocycles. The van der Waals surface area contributed by atoms with Gasteiger partial charge in [0.1, 0.15) is 35.4 Å². The minimum Gasteiger partial charge on any atom is -0.395 e. The Morgan fingerprint density at radius 2 is 1.72 bits per heavy atom. The zero-order valence-electron chi connectivity index (χ0n) is 20.2. The van der Waals surface area contributed by atoms with E-state index in [1.54, 1.807) is 18.2 Å². The molecule has 0 amide bonds. The molecular formula is C24H22N3O11P. The number of para-hydroxylation sites is 1. The lowest BCUT2D eigenvalue weighted by Crippen LogP contribution is -2.38. The molecule has 4 rings (SSSR count). The van der Waals surface area contributed by atoms with Gasteiger partial charge in [-0.25, -0.2) is 9.36 Å². The topological polar surface area (TPSA) is 192 Å². The van der Waals surface area contributed by atoms with Crippen molar-refractivity contribution in [1.82, 2.24) is 9.55 Å². The Morgan fingerprint density at radius 1 is 1.08 bits per heavy atom. The molecule has 1 aromatic heterocycles. The Labute approximate surface area is 220 Å². The predicted octanol–water partition coefficient (Wildman–Crippen LogP) is 1.72. The largest absolute Gasteiger partial charge is 0.587 e. The van der Waals surface area contributed by atoms with Crippen molar-refractivity contribution in [3.05, 3.63) is 97.3 Å². The van der Waals surface area contributed by atoms with Gasteiger partial charge < -0.3 is 24.0 Å². The molecule has 0 spiro atoms. The van der Waals surface area contributed by atoms with Crippen LogP contribution in [0.3, 0.4) is 0 Å². The maximum Gasteiger partial charge on any atom is 0.587 e. The minimum absolute atomic E-state index is 0.0700. The first kappa shape index (κ1) is 27.8. The maximum atomic E-state index is 13.6. The molecule has 5 atom stereocenters. The summed E-state index contributed by atoms with van der Waals surface area (Å²) in [4.78, 5) is 36.7. The summed E-state index contributed by atoms with van der Waals surface area (Å²) in [6, 6.07) is 12.5. The van der Waals surface area contributed by atoms with Gasteiger partial charge in [0.15, 0.2) is 6.23 Å². The molecule has 0 bridgehead atoms. The van der Waals surface area contributed by atoms with Crippen molar-refractivity contribution < 1.29 is 38.0 Å². The fourth-order valence-electron chi connectivity index (χ4n) is 3.60. The summed E-state index contributed by atoms with van der Waals surface area (Å²) in [5.41, 5.74) is -1.95. The number of nitrogens with zero attached hydrogens (tertiary/aromatic N) is 2. The number of aliphatic hydroxyl groups is 2. The lowest BCUT2D eigenvalue weighted by molar-refractivity contribution is -0.384. The van der Waals surface area contributed by atoms with E-state index < -0.39 is 55.1 Å². The van der Waals surface area contributed by atoms with Gasteiger partial charge in [0.2, 0.25) is 0 Å². The van der Waals surface area contributed by atoms with E-state index in [9.17, 15) is 34.5 Å². The van der Waals surface area contributed by atoms with E-state index in [1.807, 2.05) is 0 Å². The second-order valence-corrected chi connectivity index (χ2v) is 9.64. The number of H-pyrrole nitrogens is 1. The summed E-state index contributed by atoms with van der Waals surface area (Å²) < 4.78 is 36.4. The first-order valence-corrected chi connectivity index (χ1v) is 12.8. The Balaban J connectivity index is 1.55. The number of nitrogens with one attached hydrogen (secondary N) is 1. The number of aromatic amines is 1. The zero-order valence-corrected chi connectivity index (χ0v) is 21.1. The molecule has 204 valence electrons. The van der Waals surface area contributed by atoms with Crippen LogP contribution in [0.2, 0.25) is 0 Å². The van der Waals surface area contributed by atoms with Gasteiger partial charge in [0, 0.05) is 18.3 Å². The van der Waals surface area contributed by atoms with Crippen molar-refractivity contribution in [3.63, 3.8) is 0 Å². The average Bonchev–Trinajstić information content (AvgIpc) is 3.18. The maximum absolute atomic E-state index is 13.6. The van der Waals surface area contributed by atoms with E-state index in [-0.39, 0.29) is 22.7 Å². The summed E-state index contributed by atoms with van der Waals surface area (Å²) in [5, 5.41) is 32.0. The van der Waals surface area contributed by atoms with Gasteiger partial charge in [0.25, 0.3) is 11.2 Å². The Hall–Kier alpha value is -4.25. The number of aromatic nitrogens is 2. The monoisotopic (exact) mass is 559 g/mol. The van der Waals surface area contributed by atoms with E-state index in [2.05, 4.69) is 16.8 Å². The number of ether oxygens (including phenoxy) is 1. The van der Waals surface area contributed by atoms with Crippen molar-refractivity contribution in [2.24, 2.45) is 0 Å². The number of phosphoric ester groups is 1. The highest BCUT2D eigenvalue weighted by Gasteiger charge is 2.46. The van der Waals surface area contributed by atoms with E-state index >= 15 is 0 Å². The van der Waals surface area contributed by atoms with Gasteiger partial charge in [-0.15, -0.1) is 5.92 Å². The van der Waals surface area contributed by atoms with Crippen LogP contribution in [-0.2, 0) is 13.8 Å². The highest BCUT2D eigenvalue weighted by molar-refractivity contribution is 7.49. The smallest absolute Gasteiger partial charge is 0.395 e. The minimum atomic E-state index is -4.50. The van der Waals surface area contributed by atoms with Crippen LogP contribution < -0.4 is 20.3 Å². The molecule has 1 saturated heterocycles. The van der Waals surface area contributed by atoms with Gasteiger partial charge >= 0.3 is 13.5 Å². The second kappa shape index (κ2) is 11.6. The van der Waals surface area contributed by atoms with Crippen LogP contribution in [0.25, 0.3) is 0 Å². The Kier molecular flexibility index (Phi) is 8.29. The number of non-ortho nitro benzene ring substituents is 1. The van der Waals surface area contributed by atoms with Crippen molar-refractivity contribution in [3.8, 4) is 23.3 Å². The summed E-state index contributed by atoms with van der Waals surface area (Å²) in [6.07, 6.45) is -4.94. The van der Waals surface area contributed by atoms with Gasteiger partial charge in [-0.2, -0.15) is 0 Å². The lowest BCUT2D eigenvalue weighted by Gasteiger charge is -2.21. The second-order valence-electron chi connectivity index (χ2n) is 8.12. The third-order valence-electron chi connectivity index (χ3n) is 5.46. The van der Waals surface area contributed by atoms with E-state index in [1.165, 1.54) is 31.2 Å². The molecule has 39 heavy (non-hydrogen) atoms. The van der Waals surface area contributed by atoms with Crippen LogP contribution in [0.1, 0.15) is 18.7 Å². The molecule has 1 aliphatic heterocycles. The predicted molar refractivity (Wildman–Crippen MR) is 134 cm³/mol. The van der Waals surface area contributed by atoms with Crippen LogP contribution in [0, 0.1) is 22.0 Å². The number of benzene rings is 2. The fourth-order valence-corrected chi connectivity index (χ4v) is 4.83. The van der Waals surface area contributed by atoms with Crippen molar-refractivity contribution in [2.75, 3.05) is 6.61 Å². The van der Waals surface area contributed by atoms with Crippen LogP contribution >= 0.6 is 7.82 Å². The summed E-state index contributed by atoms with van der Waals surface area (Å²) in [7, 11) is -4.50. The first-order valence-electron chi connectivity index (χ1n) is 11.3. The Bertz CT molecular complexity index is 1560. The third-order valence-corrected chi connectivity index (χ3v) is 6.80. The lowest BCUT2D eigenvalue weighted by atomic mass is 10.1. The molecule has 1 fully saturated rings. The van der Waals surface area contributed by atoms with Gasteiger partial charge in [-0.1, -0.05) is 24.1 Å². The highest BCUT2D eigenvalue weighted by atomic mass is 31.2. The number of aliphatic hydroxyl groups excluding tert-OH is 2. The molecule has 1 unspecified atom stereocenters. The average molecular weight is 559 g/mol. The molecule has 15 heteroatoms. The van der Waals surface area contributed by atoms with Crippen LogP contribution in [0.4, 0.5) is 5.69 Å². The van der Waals surface area contributed by atoms with Crippen molar-refractivity contribution in [2.45, 2.75) is 31.5 Å². The number of nitro benzene ring substituents is 1. The highest BCUT2D eigenvalue weighted by Crippen LogP contribution is 2.50. The summed E-state index contributed by atoms with van der Waals surface area (Å²) in [5.74, 6) is 5.08. The first-order chi connectivity index (χ1) is 18.6. The third kappa shape index (κ3) is 6.43. The molecule has 3 aromatic rings. The molecular weight excluding hydrogens is 537 g/mol. The van der Waals surface area contributed by atoms with Gasteiger partial charge in [-0.3, -0.25) is 29.0 Å². The molecule has 0 aliphatic carbocycles. The van der Waals surface area contributed by atoms with Crippen LogP contribution in [0.5, 0.6) is 11.5 Å². The fraction of sp³-hybridized carbons (Fsp3) is 0.250. The van der Waals surface area contributed by atoms with E-state index in [0.29, 0.717) is 0 Å². The SMILES string of the molecule is CC#Cc1cn([C@@H]2O[C@H](COP(=O)(Oc3ccccc3)Oc3ccc([N+](=O)[O-])cc3)[C@@H](O)[C@@H]2O)c(=O)[nH]c1=O. The molecule has 14 nitrogen and oxygen atoms in total. The number of nitro groups is 1. The number of hydrogen-bond acceptors (Lipinski definition) is 11. The van der Waals surface area contributed by atoms with E-state index in [0.717, 1.165) is 22.9 Å². The molecule has 0 saturated carbocycles. The standard InChI is InChI=1S/C24H22N3O11P/c1-2-6-15-13-26(24(31)25-22(15)30)23-21(29)20(28)19(36-23)14-35-39(34,37-17-7-4-3-5-8-17)38-18-11-9-16(10-12-18)27(32)33/h3-5,7-13,19-21,23,28-29H,14H2,1H3,(H,25,30,31)/t19-,20-,21+,23-,39?/m1/s1. The summed E-state index contributed by atoms with van der Waals surface area (Å²) in [6.45, 7) is 0.854. The number of phosphoric acid groups is 1. The molecule has 1 aliphatic rings. The van der Waals surface area contributed by atoms with Crippen LogP contribution in [-0.4, -0.2) is 49.6 Å². The van der Waals surface area contributed by atoms with Gasteiger partial charge in [-0.05, 0) is 31.2 Å². The quantitative estimate of drug-likeness (QED) is 0.150. The molecule has 3 N–H and O–H groups in total. The van der Waals surface area contributed by atoms with Crippen molar-refractivity contribution in [1.29, 1.82) is 0 Å². The van der Waals surface area contributed by atoms with Crippen molar-refractivity contribution >= 4 is 13.5 Å². The van der Waals surface area contributed by atoms with Gasteiger partial charge in [0.05, 0.1) is 11.5 Å². The van der Waals surface area contributed by atoms with Crippen LogP contribution in [0.15, 0.2) is 70.4 Å². The molecule has 2 aromatic carbocycles. The Morgan fingerprint density at radius 3 is 2.33 bits per heavy atom. The summed E-state index contributed by atoms with van der Waals surface area (Å²) >= 11 is 0.